The lowest BCUT2D eigenvalue weighted by Gasteiger charge is -2.20. The van der Waals surface area contributed by atoms with Crippen LogP contribution in [0.5, 0.6) is 0 Å². The number of nitrogens with one attached hydrogen (secondary N) is 2. The van der Waals surface area contributed by atoms with Gasteiger partial charge in [0.1, 0.15) is 5.60 Å². The molecule has 0 aromatic heterocycles. The monoisotopic (exact) mass is 276 g/mol. The Hall–Kier alpha value is -1.24. The number of rotatable bonds is 3. The molecule has 104 valence electrons. The predicted molar refractivity (Wildman–Crippen MR) is 69.8 cm³/mol. The highest BCUT2D eigenvalue weighted by Gasteiger charge is 2.18. The van der Waals surface area contributed by atoms with Crippen LogP contribution in [0.2, 0.25) is 0 Å². The van der Waals surface area contributed by atoms with E-state index in [0.717, 1.165) is 11.8 Å². The van der Waals surface area contributed by atoms with Crippen LogP contribution in [0.25, 0.3) is 0 Å². The highest BCUT2D eigenvalue weighted by Crippen LogP contribution is 2.09. The van der Waals surface area contributed by atoms with Crippen LogP contribution in [0.3, 0.4) is 0 Å². The molecule has 7 heteroatoms. The van der Waals surface area contributed by atoms with Crippen molar-refractivity contribution in [3.8, 4) is 0 Å². The summed E-state index contributed by atoms with van der Waals surface area (Å²) in [6.07, 6.45) is -0.720. The normalized spacial score (nSPS) is 12.5. The molecule has 0 radical (unpaired) electrons. The first kappa shape index (κ1) is 16.8. The van der Waals surface area contributed by atoms with Crippen molar-refractivity contribution in [1.82, 2.24) is 10.9 Å². The van der Waals surface area contributed by atoms with E-state index in [1.54, 1.807) is 27.7 Å². The van der Waals surface area contributed by atoms with Crippen LogP contribution in [-0.2, 0) is 14.3 Å². The number of amides is 2. The van der Waals surface area contributed by atoms with Gasteiger partial charge in [0.2, 0.25) is 5.91 Å². The summed E-state index contributed by atoms with van der Waals surface area (Å²) in [7, 11) is 0. The molecule has 0 saturated carbocycles. The zero-order chi connectivity index (χ0) is 14.3. The number of hydrogen-bond donors (Lipinski definition) is 2. The standard InChI is InChI=1S/C11H20N2O4S/c1-7(6-18-8(2)14)9(15)12-13-10(16)17-11(3,4)5/h7H,6H2,1-5H3,(H,12,15)(H,13,16)/t7-/m1/s1. The van der Waals surface area contributed by atoms with Crippen molar-refractivity contribution in [3.05, 3.63) is 0 Å². The smallest absolute Gasteiger partial charge is 0.426 e. The zero-order valence-corrected chi connectivity index (χ0v) is 12.1. The van der Waals surface area contributed by atoms with Crippen LogP contribution in [0.15, 0.2) is 0 Å². The second-order valence-electron chi connectivity index (χ2n) is 4.82. The summed E-state index contributed by atoms with van der Waals surface area (Å²) in [6, 6.07) is 0. The van der Waals surface area contributed by atoms with E-state index in [0.29, 0.717) is 5.75 Å². The molecule has 6 nitrogen and oxygen atoms in total. The Morgan fingerprint density at radius 2 is 1.78 bits per heavy atom. The summed E-state index contributed by atoms with van der Waals surface area (Å²) in [6.45, 7) is 8.28. The molecule has 0 saturated heterocycles. The van der Waals surface area contributed by atoms with E-state index in [1.165, 1.54) is 6.92 Å². The van der Waals surface area contributed by atoms with Gasteiger partial charge >= 0.3 is 6.09 Å². The largest absolute Gasteiger partial charge is 0.443 e. The minimum absolute atomic E-state index is 0.0465. The fourth-order valence-electron chi connectivity index (χ4n) is 0.857. The maximum absolute atomic E-state index is 11.5. The molecule has 0 aromatic carbocycles. The Kier molecular flexibility index (Phi) is 6.75. The molecule has 0 spiro atoms. The molecule has 1 atom stereocenters. The van der Waals surface area contributed by atoms with Crippen molar-refractivity contribution in [2.75, 3.05) is 5.75 Å². The Bertz CT molecular complexity index is 325. The third-order valence-corrected chi connectivity index (χ3v) is 2.74. The quantitative estimate of drug-likeness (QED) is 0.762. The van der Waals surface area contributed by atoms with Crippen LogP contribution in [0.4, 0.5) is 4.79 Å². The minimum atomic E-state index is -0.720. The van der Waals surface area contributed by atoms with Crippen LogP contribution in [-0.4, -0.2) is 28.5 Å². The van der Waals surface area contributed by atoms with Gasteiger partial charge in [-0.25, -0.2) is 10.2 Å². The Morgan fingerprint density at radius 1 is 1.22 bits per heavy atom. The van der Waals surface area contributed by atoms with Gasteiger partial charge in [-0.15, -0.1) is 0 Å². The van der Waals surface area contributed by atoms with Crippen molar-refractivity contribution >= 4 is 28.9 Å². The highest BCUT2D eigenvalue weighted by atomic mass is 32.2. The first-order valence-corrected chi connectivity index (χ1v) is 6.52. The topological polar surface area (TPSA) is 84.5 Å². The van der Waals surface area contributed by atoms with Gasteiger partial charge in [0, 0.05) is 18.6 Å². The number of carbonyl (C=O) groups excluding carboxylic acids is 3. The van der Waals surface area contributed by atoms with Gasteiger partial charge in [0.15, 0.2) is 5.12 Å². The van der Waals surface area contributed by atoms with Gasteiger partial charge < -0.3 is 4.74 Å². The molecule has 0 aliphatic carbocycles. The van der Waals surface area contributed by atoms with Crippen molar-refractivity contribution in [1.29, 1.82) is 0 Å². The SMILES string of the molecule is CC(=O)SC[C@@H](C)C(=O)NNC(=O)OC(C)(C)C. The zero-order valence-electron chi connectivity index (χ0n) is 11.3. The van der Waals surface area contributed by atoms with E-state index in [1.807, 2.05) is 0 Å². The Balaban J connectivity index is 3.95. The average molecular weight is 276 g/mol. The van der Waals surface area contributed by atoms with Gasteiger partial charge in [0.05, 0.1) is 0 Å². The predicted octanol–water partition coefficient (Wildman–Crippen LogP) is 1.46. The molecular formula is C11H20N2O4S. The molecule has 0 aliphatic heterocycles. The molecule has 0 aliphatic rings. The van der Waals surface area contributed by atoms with Crippen molar-refractivity contribution in [2.45, 2.75) is 40.2 Å². The number of hydrogen-bond acceptors (Lipinski definition) is 5. The number of thioether (sulfide) groups is 1. The fourth-order valence-corrected chi connectivity index (χ4v) is 1.49. The highest BCUT2D eigenvalue weighted by molar-refractivity contribution is 8.13. The number of hydrazine groups is 1. The molecule has 0 aromatic rings. The molecule has 0 unspecified atom stereocenters. The maximum Gasteiger partial charge on any atom is 0.426 e. The fraction of sp³-hybridized carbons (Fsp3) is 0.727. The Morgan fingerprint density at radius 3 is 2.22 bits per heavy atom. The maximum atomic E-state index is 11.5. The molecule has 0 fully saturated rings. The first-order chi connectivity index (χ1) is 8.11. The molecule has 0 bridgehead atoms. The van der Waals surface area contributed by atoms with Crippen LogP contribution in [0, 0.1) is 5.92 Å². The van der Waals surface area contributed by atoms with Gasteiger partial charge in [-0.1, -0.05) is 18.7 Å². The third kappa shape index (κ3) is 8.86. The lowest BCUT2D eigenvalue weighted by molar-refractivity contribution is -0.124. The number of ether oxygens (including phenoxy) is 1. The van der Waals surface area contributed by atoms with E-state index >= 15 is 0 Å². The minimum Gasteiger partial charge on any atom is -0.443 e. The van der Waals surface area contributed by atoms with Crippen molar-refractivity contribution in [3.63, 3.8) is 0 Å². The molecule has 0 heterocycles. The van der Waals surface area contributed by atoms with Crippen molar-refractivity contribution < 1.29 is 19.1 Å². The second-order valence-corrected chi connectivity index (χ2v) is 6.02. The van der Waals surface area contributed by atoms with Gasteiger partial charge in [-0.3, -0.25) is 15.0 Å². The summed E-state index contributed by atoms with van der Waals surface area (Å²) < 4.78 is 4.94. The second kappa shape index (κ2) is 7.25. The van der Waals surface area contributed by atoms with Crippen LogP contribution in [0.1, 0.15) is 34.6 Å². The van der Waals surface area contributed by atoms with Gasteiger partial charge in [-0.2, -0.15) is 0 Å². The molecule has 2 N–H and O–H groups in total. The van der Waals surface area contributed by atoms with Gasteiger partial charge in [-0.05, 0) is 20.8 Å². The van der Waals surface area contributed by atoms with E-state index in [-0.39, 0.29) is 16.9 Å². The summed E-state index contributed by atoms with van der Waals surface area (Å²) in [5, 5.41) is -0.0465. The van der Waals surface area contributed by atoms with E-state index in [2.05, 4.69) is 10.9 Å². The molecular weight excluding hydrogens is 256 g/mol. The van der Waals surface area contributed by atoms with Gasteiger partial charge in [0.25, 0.3) is 0 Å². The van der Waals surface area contributed by atoms with Crippen LogP contribution >= 0.6 is 11.8 Å². The lowest BCUT2D eigenvalue weighted by Crippen LogP contribution is -2.46. The Labute approximate surface area is 111 Å². The third-order valence-electron chi connectivity index (χ3n) is 1.67. The number of carbonyl (C=O) groups is 3. The molecule has 2 amide bonds. The summed E-state index contributed by atoms with van der Waals surface area (Å²) in [5.41, 5.74) is 3.77. The summed E-state index contributed by atoms with van der Waals surface area (Å²) in [4.78, 5) is 33.5. The first-order valence-electron chi connectivity index (χ1n) is 5.54. The lowest BCUT2D eigenvalue weighted by atomic mass is 10.2. The summed E-state index contributed by atoms with van der Waals surface area (Å²) in [5.74, 6) is -0.375. The van der Waals surface area contributed by atoms with Crippen molar-refractivity contribution in [2.24, 2.45) is 5.92 Å². The molecule has 18 heavy (non-hydrogen) atoms. The average Bonchev–Trinajstić information content (AvgIpc) is 2.19. The van der Waals surface area contributed by atoms with E-state index in [4.69, 9.17) is 4.74 Å². The van der Waals surface area contributed by atoms with Crippen LogP contribution < -0.4 is 10.9 Å². The van der Waals surface area contributed by atoms with E-state index in [9.17, 15) is 14.4 Å². The van der Waals surface area contributed by atoms with E-state index < -0.39 is 11.7 Å². The summed E-state index contributed by atoms with van der Waals surface area (Å²) >= 11 is 1.07. The molecule has 0 rings (SSSR count).